The van der Waals surface area contributed by atoms with Gasteiger partial charge >= 0.3 is 0 Å². The Bertz CT molecular complexity index is 398. The van der Waals surface area contributed by atoms with Crippen molar-refractivity contribution in [3.05, 3.63) is 29.8 Å². The van der Waals surface area contributed by atoms with Crippen molar-refractivity contribution in [3.8, 4) is 0 Å². The standard InChI is InChI=1S/C13H19NO2S/c1-2-13(15)11-5-3-4-6-12(11)14-7-9-17(16)10-8-14/h3-6,13,15H,2,7-10H2,1H3/t13-/m1/s1. The molecule has 1 N–H and O–H groups in total. The molecule has 17 heavy (non-hydrogen) atoms. The van der Waals surface area contributed by atoms with Crippen LogP contribution in [0.2, 0.25) is 0 Å². The third kappa shape index (κ3) is 2.87. The summed E-state index contributed by atoms with van der Waals surface area (Å²) < 4.78 is 11.3. The molecule has 1 fully saturated rings. The molecule has 0 aliphatic carbocycles. The molecule has 4 heteroatoms. The van der Waals surface area contributed by atoms with Crippen molar-refractivity contribution in [1.82, 2.24) is 0 Å². The van der Waals surface area contributed by atoms with E-state index >= 15 is 0 Å². The van der Waals surface area contributed by atoms with Gasteiger partial charge in [-0.25, -0.2) is 0 Å². The lowest BCUT2D eigenvalue weighted by atomic mass is 10.0. The first-order valence-electron chi connectivity index (χ1n) is 6.09. The lowest BCUT2D eigenvalue weighted by Crippen LogP contribution is -2.38. The van der Waals surface area contributed by atoms with E-state index in [4.69, 9.17) is 0 Å². The molecule has 1 saturated heterocycles. The maximum atomic E-state index is 11.3. The van der Waals surface area contributed by atoms with E-state index in [0.29, 0.717) is 0 Å². The van der Waals surface area contributed by atoms with Gasteiger partial charge in [0.05, 0.1) is 6.10 Å². The van der Waals surface area contributed by atoms with E-state index in [9.17, 15) is 9.32 Å². The summed E-state index contributed by atoms with van der Waals surface area (Å²) in [5, 5.41) is 10.0. The summed E-state index contributed by atoms with van der Waals surface area (Å²) in [6.07, 6.45) is 0.315. The number of nitrogens with zero attached hydrogens (tertiary/aromatic N) is 1. The maximum absolute atomic E-state index is 11.3. The normalized spacial score (nSPS) is 19.3. The van der Waals surface area contributed by atoms with Gasteiger partial charge < -0.3 is 10.0 Å². The van der Waals surface area contributed by atoms with Crippen LogP contribution in [0.4, 0.5) is 5.69 Å². The molecule has 0 radical (unpaired) electrons. The Hall–Kier alpha value is -0.870. The van der Waals surface area contributed by atoms with Crippen LogP contribution >= 0.6 is 0 Å². The highest BCUT2D eigenvalue weighted by atomic mass is 32.2. The van der Waals surface area contributed by atoms with Crippen LogP contribution in [0.5, 0.6) is 0 Å². The monoisotopic (exact) mass is 253 g/mol. The summed E-state index contributed by atoms with van der Waals surface area (Å²) in [6.45, 7) is 3.62. The molecule has 1 aliphatic heterocycles. The number of rotatable bonds is 3. The molecule has 1 aromatic rings. The summed E-state index contributed by atoms with van der Waals surface area (Å²) >= 11 is 0. The van der Waals surface area contributed by atoms with Crippen molar-refractivity contribution in [2.24, 2.45) is 0 Å². The average molecular weight is 253 g/mol. The fourth-order valence-corrected chi connectivity index (χ4v) is 3.21. The quantitative estimate of drug-likeness (QED) is 0.891. The molecule has 0 spiro atoms. The van der Waals surface area contributed by atoms with E-state index in [1.165, 1.54) is 0 Å². The van der Waals surface area contributed by atoms with Crippen molar-refractivity contribution in [2.45, 2.75) is 19.4 Å². The Balaban J connectivity index is 2.22. The number of anilines is 1. The van der Waals surface area contributed by atoms with Gasteiger partial charge in [0.25, 0.3) is 0 Å². The molecule has 2 rings (SSSR count). The number of para-hydroxylation sites is 1. The van der Waals surface area contributed by atoms with Crippen LogP contribution < -0.4 is 4.90 Å². The first-order chi connectivity index (χ1) is 8.22. The van der Waals surface area contributed by atoms with Crippen molar-refractivity contribution >= 4 is 16.5 Å². The molecule has 0 saturated carbocycles. The van der Waals surface area contributed by atoms with Crippen LogP contribution in [0.1, 0.15) is 25.0 Å². The van der Waals surface area contributed by atoms with Gasteiger partial charge in [0, 0.05) is 46.6 Å². The SMILES string of the molecule is CC[C@@H](O)c1ccccc1N1CCS(=O)CC1. The fourth-order valence-electron chi connectivity index (χ4n) is 2.16. The predicted molar refractivity (Wildman–Crippen MR) is 71.8 cm³/mol. The average Bonchev–Trinajstić information content (AvgIpc) is 2.39. The molecular weight excluding hydrogens is 234 g/mol. The Morgan fingerprint density at radius 3 is 2.65 bits per heavy atom. The molecule has 3 nitrogen and oxygen atoms in total. The number of benzene rings is 1. The van der Waals surface area contributed by atoms with Crippen LogP contribution in [0, 0.1) is 0 Å². The second-order valence-electron chi connectivity index (χ2n) is 4.32. The van der Waals surface area contributed by atoms with Crippen LogP contribution in [0.25, 0.3) is 0 Å². The zero-order valence-electron chi connectivity index (χ0n) is 10.1. The Labute approximate surface area is 105 Å². The predicted octanol–water partition coefficient (Wildman–Crippen LogP) is 1.70. The van der Waals surface area contributed by atoms with Gasteiger partial charge in [-0.3, -0.25) is 4.21 Å². The highest BCUT2D eigenvalue weighted by Gasteiger charge is 2.19. The minimum absolute atomic E-state index is 0.404. The first-order valence-corrected chi connectivity index (χ1v) is 7.58. The van der Waals surface area contributed by atoms with Crippen molar-refractivity contribution < 1.29 is 9.32 Å². The smallest absolute Gasteiger partial charge is 0.0807 e. The van der Waals surface area contributed by atoms with E-state index in [0.717, 1.165) is 42.3 Å². The summed E-state index contributed by atoms with van der Waals surface area (Å²) in [5.41, 5.74) is 2.08. The molecule has 0 aromatic heterocycles. The van der Waals surface area contributed by atoms with E-state index in [2.05, 4.69) is 4.90 Å². The zero-order valence-corrected chi connectivity index (χ0v) is 10.9. The summed E-state index contributed by atoms with van der Waals surface area (Å²) in [7, 11) is -0.658. The highest BCUT2D eigenvalue weighted by Crippen LogP contribution is 2.28. The molecule has 1 aromatic carbocycles. The Kier molecular flexibility index (Phi) is 4.18. The van der Waals surface area contributed by atoms with Crippen molar-refractivity contribution in [2.75, 3.05) is 29.5 Å². The van der Waals surface area contributed by atoms with E-state index in [1.807, 2.05) is 31.2 Å². The number of aliphatic hydroxyl groups excluding tert-OH is 1. The molecular formula is C13H19NO2S. The molecule has 0 bridgehead atoms. The van der Waals surface area contributed by atoms with Gasteiger partial charge in [-0.15, -0.1) is 0 Å². The lowest BCUT2D eigenvalue weighted by Gasteiger charge is -2.31. The molecule has 0 unspecified atom stereocenters. The molecule has 1 atom stereocenters. The van der Waals surface area contributed by atoms with Gasteiger partial charge in [0.2, 0.25) is 0 Å². The molecule has 1 aliphatic rings. The van der Waals surface area contributed by atoms with Crippen molar-refractivity contribution in [1.29, 1.82) is 0 Å². The largest absolute Gasteiger partial charge is 0.388 e. The molecule has 0 amide bonds. The van der Waals surface area contributed by atoms with Gasteiger partial charge in [0.15, 0.2) is 0 Å². The number of hydrogen-bond donors (Lipinski definition) is 1. The maximum Gasteiger partial charge on any atom is 0.0807 e. The number of hydrogen-bond acceptors (Lipinski definition) is 3. The van der Waals surface area contributed by atoms with E-state index in [-0.39, 0.29) is 0 Å². The summed E-state index contributed by atoms with van der Waals surface area (Å²) in [6, 6.07) is 7.98. The van der Waals surface area contributed by atoms with Gasteiger partial charge in [-0.1, -0.05) is 25.1 Å². The zero-order chi connectivity index (χ0) is 12.3. The van der Waals surface area contributed by atoms with Crippen LogP contribution in [0.15, 0.2) is 24.3 Å². The third-order valence-corrected chi connectivity index (χ3v) is 4.48. The van der Waals surface area contributed by atoms with Gasteiger partial charge in [-0.2, -0.15) is 0 Å². The first kappa shape index (κ1) is 12.6. The van der Waals surface area contributed by atoms with Gasteiger partial charge in [-0.05, 0) is 12.5 Å². The Morgan fingerprint density at radius 2 is 2.00 bits per heavy atom. The van der Waals surface area contributed by atoms with Crippen LogP contribution in [-0.2, 0) is 10.8 Å². The third-order valence-electron chi connectivity index (χ3n) is 3.20. The van der Waals surface area contributed by atoms with Crippen LogP contribution in [0.3, 0.4) is 0 Å². The van der Waals surface area contributed by atoms with Crippen molar-refractivity contribution in [3.63, 3.8) is 0 Å². The Morgan fingerprint density at radius 1 is 1.35 bits per heavy atom. The number of aliphatic hydroxyl groups is 1. The second kappa shape index (κ2) is 5.65. The summed E-state index contributed by atoms with van der Waals surface area (Å²) in [5.74, 6) is 1.47. The van der Waals surface area contributed by atoms with E-state index in [1.54, 1.807) is 0 Å². The molecule has 94 valence electrons. The highest BCUT2D eigenvalue weighted by molar-refractivity contribution is 7.85. The molecule has 1 heterocycles. The van der Waals surface area contributed by atoms with Crippen LogP contribution in [-0.4, -0.2) is 33.9 Å². The summed E-state index contributed by atoms with van der Waals surface area (Å²) in [4.78, 5) is 2.23. The lowest BCUT2D eigenvalue weighted by molar-refractivity contribution is 0.174. The minimum Gasteiger partial charge on any atom is -0.388 e. The minimum atomic E-state index is -0.658. The topological polar surface area (TPSA) is 40.5 Å². The fraction of sp³-hybridized carbons (Fsp3) is 0.538. The second-order valence-corrected chi connectivity index (χ2v) is 6.01. The van der Waals surface area contributed by atoms with Gasteiger partial charge in [0.1, 0.15) is 0 Å². The van der Waals surface area contributed by atoms with E-state index < -0.39 is 16.9 Å².